The Balaban J connectivity index is 1.78. The average molecular weight is 333 g/mol. The normalized spacial score (nSPS) is 15.8. The minimum atomic E-state index is -0.717. The van der Waals surface area contributed by atoms with Crippen molar-refractivity contribution in [2.45, 2.75) is 32.0 Å². The van der Waals surface area contributed by atoms with Crippen molar-refractivity contribution in [1.82, 2.24) is 5.32 Å². The molecule has 0 bridgehead atoms. The zero-order valence-electron chi connectivity index (χ0n) is 14.6. The standard InChI is InChI=1S/C22H23NO2/c1-14(25)22(2,13-24)23-12-15-10-11-20-18-7-4-3-6-17(18)19-9-5-8-16(15)21(19)20/h3-11,14,23-25H,12-13H2,1-2H3/t14?,22-/m0/s1. The Kier molecular flexibility index (Phi) is 3.88. The molecule has 0 fully saturated rings. The summed E-state index contributed by atoms with van der Waals surface area (Å²) in [6.45, 7) is 4.02. The van der Waals surface area contributed by atoms with Crippen LogP contribution in [0.25, 0.3) is 33.0 Å². The van der Waals surface area contributed by atoms with Crippen LogP contribution in [0.5, 0.6) is 0 Å². The van der Waals surface area contributed by atoms with Crippen LogP contribution in [0.4, 0.5) is 0 Å². The number of nitrogens with one attached hydrogen (secondary N) is 1. The summed E-state index contributed by atoms with van der Waals surface area (Å²) in [7, 11) is 0. The first-order valence-corrected chi connectivity index (χ1v) is 8.73. The molecule has 3 aromatic rings. The van der Waals surface area contributed by atoms with Crippen LogP contribution in [0.15, 0.2) is 54.6 Å². The third kappa shape index (κ3) is 2.47. The van der Waals surface area contributed by atoms with Crippen molar-refractivity contribution in [1.29, 1.82) is 0 Å². The van der Waals surface area contributed by atoms with Crippen molar-refractivity contribution < 1.29 is 10.2 Å². The molecule has 25 heavy (non-hydrogen) atoms. The van der Waals surface area contributed by atoms with E-state index < -0.39 is 11.6 Å². The molecule has 0 aromatic heterocycles. The zero-order valence-corrected chi connectivity index (χ0v) is 14.6. The van der Waals surface area contributed by atoms with E-state index in [1.165, 1.54) is 38.6 Å². The second-order valence-corrected chi connectivity index (χ2v) is 7.15. The summed E-state index contributed by atoms with van der Waals surface area (Å²) in [5.41, 5.74) is 5.60. The SMILES string of the molecule is CC(O)[C@](C)(CO)NCc1ccc2c3c(cccc13)-c1ccccc1-2. The summed E-state index contributed by atoms with van der Waals surface area (Å²) in [5.74, 6) is 0. The quantitative estimate of drug-likeness (QED) is 0.522. The average Bonchev–Trinajstić information content (AvgIpc) is 2.97. The summed E-state index contributed by atoms with van der Waals surface area (Å²) in [6, 6.07) is 19.3. The highest BCUT2D eigenvalue weighted by Crippen LogP contribution is 2.47. The van der Waals surface area contributed by atoms with Gasteiger partial charge in [0, 0.05) is 6.54 Å². The molecule has 2 atom stereocenters. The van der Waals surface area contributed by atoms with Crippen LogP contribution in [0.2, 0.25) is 0 Å². The molecule has 1 unspecified atom stereocenters. The Bertz CT molecular complexity index is 919. The van der Waals surface area contributed by atoms with E-state index in [0.717, 1.165) is 0 Å². The molecule has 4 rings (SSSR count). The van der Waals surface area contributed by atoms with E-state index in [-0.39, 0.29) is 6.61 Å². The molecule has 0 amide bonds. The van der Waals surface area contributed by atoms with Crippen LogP contribution in [-0.4, -0.2) is 28.5 Å². The Morgan fingerprint density at radius 3 is 2.20 bits per heavy atom. The second kappa shape index (κ2) is 5.95. The summed E-state index contributed by atoms with van der Waals surface area (Å²) in [6.07, 6.45) is -0.640. The lowest BCUT2D eigenvalue weighted by Crippen LogP contribution is -2.53. The summed E-state index contributed by atoms with van der Waals surface area (Å²) in [4.78, 5) is 0. The predicted octanol–water partition coefficient (Wildman–Crippen LogP) is 3.71. The van der Waals surface area contributed by atoms with Gasteiger partial charge in [0.2, 0.25) is 0 Å². The molecule has 0 saturated carbocycles. The van der Waals surface area contributed by atoms with Crippen molar-refractivity contribution in [2.75, 3.05) is 6.61 Å². The smallest absolute Gasteiger partial charge is 0.0713 e. The van der Waals surface area contributed by atoms with Gasteiger partial charge in [0.1, 0.15) is 0 Å². The number of hydrogen-bond donors (Lipinski definition) is 3. The van der Waals surface area contributed by atoms with E-state index >= 15 is 0 Å². The van der Waals surface area contributed by atoms with E-state index in [1.54, 1.807) is 6.92 Å². The molecule has 3 heteroatoms. The highest BCUT2D eigenvalue weighted by molar-refractivity contribution is 6.15. The first-order chi connectivity index (χ1) is 12.0. The van der Waals surface area contributed by atoms with Crippen molar-refractivity contribution in [3.63, 3.8) is 0 Å². The van der Waals surface area contributed by atoms with Gasteiger partial charge in [-0.2, -0.15) is 0 Å². The fourth-order valence-electron chi connectivity index (χ4n) is 3.66. The maximum absolute atomic E-state index is 9.96. The third-order valence-corrected chi connectivity index (χ3v) is 5.57. The second-order valence-electron chi connectivity index (χ2n) is 7.15. The van der Waals surface area contributed by atoms with Crippen LogP contribution < -0.4 is 5.32 Å². The minimum absolute atomic E-state index is 0.114. The zero-order chi connectivity index (χ0) is 17.6. The van der Waals surface area contributed by atoms with Crippen molar-refractivity contribution in [3.05, 3.63) is 60.2 Å². The van der Waals surface area contributed by atoms with Gasteiger partial charge >= 0.3 is 0 Å². The highest BCUT2D eigenvalue weighted by atomic mass is 16.3. The fraction of sp³-hybridized carbons (Fsp3) is 0.273. The molecule has 1 aliphatic rings. The maximum Gasteiger partial charge on any atom is 0.0713 e. The Hall–Kier alpha value is -2.20. The van der Waals surface area contributed by atoms with Gasteiger partial charge in [0.05, 0.1) is 18.2 Å². The monoisotopic (exact) mass is 333 g/mol. The molecule has 0 radical (unpaired) electrons. The van der Waals surface area contributed by atoms with E-state index in [4.69, 9.17) is 0 Å². The topological polar surface area (TPSA) is 52.5 Å². The number of fused-ring (bicyclic) bond motifs is 3. The molecule has 0 saturated heterocycles. The lowest BCUT2D eigenvalue weighted by molar-refractivity contribution is 0.0404. The van der Waals surface area contributed by atoms with Gasteiger partial charge in [0.15, 0.2) is 0 Å². The maximum atomic E-state index is 9.96. The molecule has 3 nitrogen and oxygen atoms in total. The Morgan fingerprint density at radius 2 is 1.56 bits per heavy atom. The number of rotatable bonds is 5. The van der Waals surface area contributed by atoms with Crippen LogP contribution in [0.1, 0.15) is 19.4 Å². The van der Waals surface area contributed by atoms with Crippen LogP contribution >= 0.6 is 0 Å². The number of aliphatic hydroxyl groups excluding tert-OH is 2. The van der Waals surface area contributed by atoms with Gasteiger partial charge < -0.3 is 15.5 Å². The summed E-state index contributed by atoms with van der Waals surface area (Å²) >= 11 is 0. The molecule has 128 valence electrons. The molecule has 1 aliphatic carbocycles. The Morgan fingerprint density at radius 1 is 0.920 bits per heavy atom. The number of hydrogen-bond acceptors (Lipinski definition) is 3. The van der Waals surface area contributed by atoms with Crippen molar-refractivity contribution in [3.8, 4) is 22.3 Å². The number of aliphatic hydroxyl groups is 2. The minimum Gasteiger partial charge on any atom is -0.394 e. The fourth-order valence-corrected chi connectivity index (χ4v) is 3.66. The predicted molar refractivity (Wildman–Crippen MR) is 102 cm³/mol. The van der Waals surface area contributed by atoms with Gasteiger partial charge in [-0.1, -0.05) is 54.6 Å². The third-order valence-electron chi connectivity index (χ3n) is 5.57. The van der Waals surface area contributed by atoms with E-state index in [2.05, 4.69) is 59.9 Å². The first kappa shape index (κ1) is 16.3. The summed E-state index contributed by atoms with van der Waals surface area (Å²) < 4.78 is 0. The largest absolute Gasteiger partial charge is 0.394 e. The van der Waals surface area contributed by atoms with Crippen molar-refractivity contribution in [2.24, 2.45) is 0 Å². The molecule has 0 heterocycles. The first-order valence-electron chi connectivity index (χ1n) is 8.73. The summed E-state index contributed by atoms with van der Waals surface area (Å²) in [5, 5.41) is 25.5. The van der Waals surface area contributed by atoms with Gasteiger partial charge in [-0.3, -0.25) is 0 Å². The van der Waals surface area contributed by atoms with Crippen LogP contribution in [0, 0.1) is 0 Å². The van der Waals surface area contributed by atoms with Gasteiger partial charge in [0.25, 0.3) is 0 Å². The lowest BCUT2D eigenvalue weighted by atomic mass is 9.95. The van der Waals surface area contributed by atoms with Gasteiger partial charge in [-0.05, 0) is 52.4 Å². The van der Waals surface area contributed by atoms with Gasteiger partial charge in [-0.15, -0.1) is 0 Å². The molecule has 0 aliphatic heterocycles. The lowest BCUT2D eigenvalue weighted by Gasteiger charge is -2.32. The molecule has 3 N–H and O–H groups in total. The van der Waals surface area contributed by atoms with E-state index in [0.29, 0.717) is 6.54 Å². The van der Waals surface area contributed by atoms with Crippen LogP contribution in [0.3, 0.4) is 0 Å². The Labute approximate surface area is 147 Å². The van der Waals surface area contributed by atoms with E-state index in [9.17, 15) is 10.2 Å². The highest BCUT2D eigenvalue weighted by Gasteiger charge is 2.29. The van der Waals surface area contributed by atoms with E-state index in [1.807, 2.05) is 6.92 Å². The molecule has 0 spiro atoms. The van der Waals surface area contributed by atoms with Gasteiger partial charge in [-0.25, -0.2) is 0 Å². The van der Waals surface area contributed by atoms with Crippen LogP contribution in [-0.2, 0) is 6.54 Å². The molecular formula is C22H23NO2. The number of benzene rings is 3. The van der Waals surface area contributed by atoms with Crippen molar-refractivity contribution >= 4 is 10.8 Å². The molecular weight excluding hydrogens is 310 g/mol. The molecule has 3 aromatic carbocycles.